The number of para-hydroxylation sites is 1. The van der Waals surface area contributed by atoms with Crippen molar-refractivity contribution in [2.24, 2.45) is 0 Å². The SMILES string of the molecule is c1ccc2c(c1)oc1c3ccccc3c(-c3ccc(-c4ccc5c6ccccc6c6ccccc6c5c4)cc3)cc21. The van der Waals surface area contributed by atoms with Crippen LogP contribution in [0, 0.1) is 0 Å². The Morgan fingerprint density at radius 2 is 0.780 bits per heavy atom. The molecule has 0 saturated heterocycles. The fourth-order valence-corrected chi connectivity index (χ4v) is 6.72. The molecule has 0 amide bonds. The Hall–Kier alpha value is -5.40. The second-order valence-corrected chi connectivity index (χ2v) is 10.9. The molecule has 41 heavy (non-hydrogen) atoms. The lowest BCUT2D eigenvalue weighted by atomic mass is 9.91. The molecule has 0 bridgehead atoms. The van der Waals surface area contributed by atoms with Crippen LogP contribution < -0.4 is 0 Å². The maximum absolute atomic E-state index is 6.33. The zero-order chi connectivity index (χ0) is 26.9. The Balaban J connectivity index is 1.22. The molecule has 0 N–H and O–H groups in total. The van der Waals surface area contributed by atoms with E-state index in [9.17, 15) is 0 Å². The molecular weight excluding hydrogens is 496 g/mol. The van der Waals surface area contributed by atoms with Gasteiger partial charge in [0, 0.05) is 16.2 Å². The lowest BCUT2D eigenvalue weighted by Crippen LogP contribution is -1.86. The van der Waals surface area contributed by atoms with Crippen molar-refractivity contribution in [1.29, 1.82) is 0 Å². The maximum Gasteiger partial charge on any atom is 0.143 e. The molecule has 0 aliphatic heterocycles. The normalized spacial score (nSPS) is 11.9. The average molecular weight is 521 g/mol. The highest BCUT2D eigenvalue weighted by molar-refractivity contribution is 6.26. The topological polar surface area (TPSA) is 13.1 Å². The van der Waals surface area contributed by atoms with Crippen LogP contribution in [0.5, 0.6) is 0 Å². The minimum absolute atomic E-state index is 0.928. The third-order valence-electron chi connectivity index (χ3n) is 8.66. The van der Waals surface area contributed by atoms with Crippen molar-refractivity contribution in [2.75, 3.05) is 0 Å². The second-order valence-electron chi connectivity index (χ2n) is 10.9. The van der Waals surface area contributed by atoms with Crippen molar-refractivity contribution in [3.8, 4) is 22.3 Å². The first-order chi connectivity index (χ1) is 20.3. The summed E-state index contributed by atoms with van der Waals surface area (Å²) in [6.45, 7) is 0. The van der Waals surface area contributed by atoms with Crippen molar-refractivity contribution in [2.45, 2.75) is 0 Å². The lowest BCUT2D eigenvalue weighted by Gasteiger charge is -2.13. The van der Waals surface area contributed by atoms with Crippen LogP contribution in [0.1, 0.15) is 0 Å². The van der Waals surface area contributed by atoms with Crippen LogP contribution in [0.4, 0.5) is 0 Å². The molecule has 1 heterocycles. The van der Waals surface area contributed by atoms with Gasteiger partial charge >= 0.3 is 0 Å². The van der Waals surface area contributed by atoms with E-state index in [1.807, 2.05) is 12.1 Å². The number of rotatable bonds is 2. The van der Waals surface area contributed by atoms with Crippen molar-refractivity contribution in [3.05, 3.63) is 146 Å². The standard InChI is InChI=1S/C40H24O/c1-2-11-30-28(9-1)29-10-3-4-12-31(29)37-23-27(21-22-33(30)37)25-17-19-26(20-18-25)36-24-38-34-14-7-8-16-39(34)41-40(38)35-15-6-5-13-32(35)36/h1-24H. The van der Waals surface area contributed by atoms with Crippen LogP contribution in [0.25, 0.3) is 87.3 Å². The molecule has 9 rings (SSSR count). The van der Waals surface area contributed by atoms with Gasteiger partial charge in [-0.3, -0.25) is 0 Å². The van der Waals surface area contributed by atoms with Gasteiger partial charge in [-0.15, -0.1) is 0 Å². The number of furan rings is 1. The van der Waals surface area contributed by atoms with Crippen molar-refractivity contribution < 1.29 is 4.42 Å². The molecule has 1 nitrogen and oxygen atoms in total. The first-order valence-corrected chi connectivity index (χ1v) is 14.1. The molecule has 190 valence electrons. The Labute approximate surface area is 236 Å². The summed E-state index contributed by atoms with van der Waals surface area (Å²) >= 11 is 0. The fourth-order valence-electron chi connectivity index (χ4n) is 6.72. The minimum atomic E-state index is 0.928. The zero-order valence-electron chi connectivity index (χ0n) is 22.3. The van der Waals surface area contributed by atoms with E-state index < -0.39 is 0 Å². The largest absolute Gasteiger partial charge is 0.455 e. The summed E-state index contributed by atoms with van der Waals surface area (Å²) < 4.78 is 6.33. The molecule has 1 aromatic heterocycles. The summed E-state index contributed by atoms with van der Waals surface area (Å²) in [4.78, 5) is 0. The predicted octanol–water partition coefficient (Wildman–Crippen LogP) is 11.5. The molecule has 8 aromatic carbocycles. The highest BCUT2D eigenvalue weighted by Gasteiger charge is 2.15. The molecule has 1 heteroatoms. The molecule has 0 fully saturated rings. The second kappa shape index (κ2) is 8.55. The number of benzene rings is 8. The van der Waals surface area contributed by atoms with Gasteiger partial charge in [-0.1, -0.05) is 127 Å². The van der Waals surface area contributed by atoms with Crippen LogP contribution in [-0.4, -0.2) is 0 Å². The van der Waals surface area contributed by atoms with E-state index in [2.05, 4.69) is 133 Å². The van der Waals surface area contributed by atoms with Gasteiger partial charge in [-0.25, -0.2) is 0 Å². The molecule has 0 atom stereocenters. The Morgan fingerprint density at radius 3 is 1.46 bits per heavy atom. The molecular formula is C40H24O. The van der Waals surface area contributed by atoms with Gasteiger partial charge in [-0.05, 0) is 78.2 Å². The van der Waals surface area contributed by atoms with Gasteiger partial charge in [-0.2, -0.15) is 0 Å². The predicted molar refractivity (Wildman–Crippen MR) is 175 cm³/mol. The quantitative estimate of drug-likeness (QED) is 0.207. The number of fused-ring (bicyclic) bond motifs is 11. The highest BCUT2D eigenvalue weighted by atomic mass is 16.3. The Kier molecular flexibility index (Phi) is 4.67. The molecule has 9 aromatic rings. The van der Waals surface area contributed by atoms with Gasteiger partial charge < -0.3 is 4.42 Å². The monoisotopic (exact) mass is 520 g/mol. The van der Waals surface area contributed by atoms with Crippen LogP contribution in [0.15, 0.2) is 150 Å². The van der Waals surface area contributed by atoms with Crippen LogP contribution in [0.3, 0.4) is 0 Å². The third kappa shape index (κ3) is 3.30. The summed E-state index contributed by atoms with van der Waals surface area (Å²) in [5.41, 5.74) is 6.75. The number of hydrogen-bond acceptors (Lipinski definition) is 1. The lowest BCUT2D eigenvalue weighted by molar-refractivity contribution is 0.672. The van der Waals surface area contributed by atoms with Gasteiger partial charge in [0.25, 0.3) is 0 Å². The van der Waals surface area contributed by atoms with Gasteiger partial charge in [0.1, 0.15) is 11.2 Å². The van der Waals surface area contributed by atoms with E-state index in [0.29, 0.717) is 0 Å². The zero-order valence-corrected chi connectivity index (χ0v) is 22.3. The van der Waals surface area contributed by atoms with Crippen molar-refractivity contribution in [3.63, 3.8) is 0 Å². The first kappa shape index (κ1) is 22.4. The minimum Gasteiger partial charge on any atom is -0.455 e. The Morgan fingerprint density at radius 1 is 0.293 bits per heavy atom. The van der Waals surface area contributed by atoms with Crippen molar-refractivity contribution >= 4 is 65.0 Å². The van der Waals surface area contributed by atoms with Gasteiger partial charge in [0.05, 0.1) is 0 Å². The molecule has 0 saturated carbocycles. The molecule has 0 aliphatic carbocycles. The third-order valence-corrected chi connectivity index (χ3v) is 8.66. The summed E-state index contributed by atoms with van der Waals surface area (Å²) in [6.07, 6.45) is 0. The van der Waals surface area contributed by atoms with E-state index in [1.54, 1.807) is 0 Å². The summed E-state index contributed by atoms with van der Waals surface area (Å²) in [5.74, 6) is 0. The van der Waals surface area contributed by atoms with E-state index in [-0.39, 0.29) is 0 Å². The summed E-state index contributed by atoms with van der Waals surface area (Å²) in [7, 11) is 0. The molecule has 0 spiro atoms. The smallest absolute Gasteiger partial charge is 0.143 e. The summed E-state index contributed by atoms with van der Waals surface area (Å²) in [6, 6.07) is 52.6. The highest BCUT2D eigenvalue weighted by Crippen LogP contribution is 2.41. The molecule has 0 aliphatic rings. The summed E-state index contributed by atoms with van der Waals surface area (Å²) in [5, 5.41) is 12.5. The van der Waals surface area contributed by atoms with Crippen LogP contribution in [0.2, 0.25) is 0 Å². The fraction of sp³-hybridized carbons (Fsp3) is 0. The first-order valence-electron chi connectivity index (χ1n) is 14.1. The van der Waals surface area contributed by atoms with E-state index >= 15 is 0 Å². The molecule has 0 radical (unpaired) electrons. The van der Waals surface area contributed by atoms with Crippen LogP contribution >= 0.6 is 0 Å². The molecule has 0 unspecified atom stereocenters. The van der Waals surface area contributed by atoms with Crippen molar-refractivity contribution in [1.82, 2.24) is 0 Å². The maximum atomic E-state index is 6.33. The van der Waals surface area contributed by atoms with Gasteiger partial charge in [0.2, 0.25) is 0 Å². The van der Waals surface area contributed by atoms with E-state index in [0.717, 1.165) is 27.3 Å². The van der Waals surface area contributed by atoms with E-state index in [4.69, 9.17) is 4.42 Å². The van der Waals surface area contributed by atoms with E-state index in [1.165, 1.54) is 60.0 Å². The average Bonchev–Trinajstić information content (AvgIpc) is 3.43. The number of hydrogen-bond donors (Lipinski definition) is 0. The Bertz CT molecular complexity index is 2420. The van der Waals surface area contributed by atoms with Crippen LogP contribution in [-0.2, 0) is 0 Å². The van der Waals surface area contributed by atoms with Gasteiger partial charge in [0.15, 0.2) is 0 Å².